The molecule has 0 radical (unpaired) electrons. The fourth-order valence-corrected chi connectivity index (χ4v) is 2.29. The van der Waals surface area contributed by atoms with Gasteiger partial charge in [0.05, 0.1) is 6.10 Å². The van der Waals surface area contributed by atoms with Crippen molar-refractivity contribution in [1.29, 1.82) is 0 Å². The van der Waals surface area contributed by atoms with Crippen molar-refractivity contribution in [2.75, 3.05) is 0 Å². The van der Waals surface area contributed by atoms with Gasteiger partial charge < -0.3 is 5.11 Å². The maximum atomic E-state index is 9.67. The molecule has 1 heteroatoms. The Hall–Kier alpha value is -0.0400. The van der Waals surface area contributed by atoms with E-state index in [1.807, 2.05) is 0 Å². The van der Waals surface area contributed by atoms with Crippen molar-refractivity contribution >= 4 is 0 Å². The van der Waals surface area contributed by atoms with Crippen LogP contribution in [-0.4, -0.2) is 11.2 Å². The first kappa shape index (κ1) is 8.06. The van der Waals surface area contributed by atoms with Gasteiger partial charge in [-0.2, -0.15) is 0 Å². The average molecular weight is 142 g/mol. The summed E-state index contributed by atoms with van der Waals surface area (Å²) in [5.74, 6) is 0.620. The summed E-state index contributed by atoms with van der Waals surface area (Å²) in [6, 6.07) is 0. The van der Waals surface area contributed by atoms with E-state index >= 15 is 0 Å². The Morgan fingerprint density at radius 1 is 1.00 bits per heavy atom. The number of aliphatic hydroxyl groups excluding tert-OH is 1. The Kier molecular flexibility index (Phi) is 1.42. The maximum Gasteiger partial charge on any atom is 0.0647 e. The van der Waals surface area contributed by atoms with Crippen molar-refractivity contribution in [3.05, 3.63) is 0 Å². The number of hydrogen-bond acceptors (Lipinski definition) is 1. The second kappa shape index (κ2) is 1.76. The molecule has 0 aromatic carbocycles. The smallest absolute Gasteiger partial charge is 0.0647 e. The first-order valence-electron chi connectivity index (χ1n) is 3.99. The van der Waals surface area contributed by atoms with E-state index < -0.39 is 0 Å². The van der Waals surface area contributed by atoms with Crippen LogP contribution in [0.3, 0.4) is 0 Å². The highest BCUT2D eigenvalue weighted by Crippen LogP contribution is 2.58. The predicted octanol–water partition coefficient (Wildman–Crippen LogP) is 2.05. The molecule has 0 aliphatic heterocycles. The van der Waals surface area contributed by atoms with E-state index in [2.05, 4.69) is 34.6 Å². The van der Waals surface area contributed by atoms with Gasteiger partial charge in [-0.3, -0.25) is 0 Å². The normalized spacial score (nSPS) is 42.6. The lowest BCUT2D eigenvalue weighted by Crippen LogP contribution is -2.62. The molecular weight excluding hydrogens is 124 g/mol. The molecule has 60 valence electrons. The van der Waals surface area contributed by atoms with E-state index in [1.54, 1.807) is 0 Å². The molecule has 0 amide bonds. The zero-order valence-electron chi connectivity index (χ0n) is 7.60. The summed E-state index contributed by atoms with van der Waals surface area (Å²) < 4.78 is 0. The average Bonchev–Trinajstić information content (AvgIpc) is 1.84. The Morgan fingerprint density at radius 2 is 1.30 bits per heavy atom. The molecule has 0 spiro atoms. The van der Waals surface area contributed by atoms with Crippen molar-refractivity contribution in [3.63, 3.8) is 0 Å². The largest absolute Gasteiger partial charge is 0.392 e. The molecule has 1 nitrogen and oxygen atoms in total. The molecular formula is C9H18O. The van der Waals surface area contributed by atoms with Crippen molar-refractivity contribution in [3.8, 4) is 0 Å². The van der Waals surface area contributed by atoms with Gasteiger partial charge in [0.25, 0.3) is 0 Å². The number of hydrogen-bond donors (Lipinski definition) is 1. The topological polar surface area (TPSA) is 20.2 Å². The van der Waals surface area contributed by atoms with E-state index in [4.69, 9.17) is 0 Å². The van der Waals surface area contributed by atoms with Crippen LogP contribution in [0, 0.1) is 16.7 Å². The van der Waals surface area contributed by atoms with E-state index in [9.17, 15) is 5.11 Å². The summed E-state index contributed by atoms with van der Waals surface area (Å²) in [6.45, 7) is 10.7. The van der Waals surface area contributed by atoms with Crippen LogP contribution in [0.25, 0.3) is 0 Å². The van der Waals surface area contributed by atoms with E-state index in [1.165, 1.54) is 0 Å². The predicted molar refractivity (Wildman–Crippen MR) is 42.7 cm³/mol. The van der Waals surface area contributed by atoms with Crippen LogP contribution in [-0.2, 0) is 0 Å². The molecule has 1 aliphatic rings. The van der Waals surface area contributed by atoms with Crippen molar-refractivity contribution < 1.29 is 5.11 Å². The van der Waals surface area contributed by atoms with Gasteiger partial charge in [0, 0.05) is 0 Å². The van der Waals surface area contributed by atoms with Crippen LogP contribution < -0.4 is 0 Å². The third kappa shape index (κ3) is 0.672. The second-order valence-corrected chi connectivity index (χ2v) is 4.77. The van der Waals surface area contributed by atoms with Gasteiger partial charge >= 0.3 is 0 Å². The molecule has 1 fully saturated rings. The third-order valence-corrected chi connectivity index (χ3v) is 3.64. The van der Waals surface area contributed by atoms with Crippen LogP contribution in [0.1, 0.15) is 34.6 Å². The quantitative estimate of drug-likeness (QED) is 0.549. The van der Waals surface area contributed by atoms with E-state index in [0.717, 1.165) is 0 Å². The fraction of sp³-hybridized carbons (Fsp3) is 1.00. The molecule has 1 N–H and O–H groups in total. The summed E-state index contributed by atoms with van der Waals surface area (Å²) in [5.41, 5.74) is 0.257. The summed E-state index contributed by atoms with van der Waals surface area (Å²) in [7, 11) is 0. The fourth-order valence-electron chi connectivity index (χ4n) is 2.29. The summed E-state index contributed by atoms with van der Waals surface area (Å²) in [6.07, 6.45) is -0.130. The van der Waals surface area contributed by atoms with E-state index in [-0.39, 0.29) is 16.9 Å². The number of rotatable bonds is 0. The van der Waals surface area contributed by atoms with Crippen molar-refractivity contribution in [2.24, 2.45) is 16.7 Å². The molecule has 0 atom stereocenters. The molecule has 0 aromatic rings. The lowest BCUT2D eigenvalue weighted by atomic mass is 9.46. The molecule has 1 saturated carbocycles. The van der Waals surface area contributed by atoms with Crippen LogP contribution >= 0.6 is 0 Å². The van der Waals surface area contributed by atoms with Crippen molar-refractivity contribution in [1.82, 2.24) is 0 Å². The van der Waals surface area contributed by atoms with Gasteiger partial charge in [0.15, 0.2) is 0 Å². The van der Waals surface area contributed by atoms with Crippen LogP contribution in [0.4, 0.5) is 0 Å². The Labute approximate surface area is 63.4 Å². The molecule has 0 bridgehead atoms. The minimum absolute atomic E-state index is 0.128. The molecule has 0 unspecified atom stereocenters. The van der Waals surface area contributed by atoms with E-state index in [0.29, 0.717) is 5.92 Å². The maximum absolute atomic E-state index is 9.67. The second-order valence-electron chi connectivity index (χ2n) is 4.77. The van der Waals surface area contributed by atoms with Crippen molar-refractivity contribution in [2.45, 2.75) is 40.7 Å². The molecule has 1 aliphatic carbocycles. The summed E-state index contributed by atoms with van der Waals surface area (Å²) in [4.78, 5) is 0. The highest BCUT2D eigenvalue weighted by atomic mass is 16.3. The highest BCUT2D eigenvalue weighted by Gasteiger charge is 2.58. The molecule has 0 saturated heterocycles. The first-order valence-corrected chi connectivity index (χ1v) is 3.99. The summed E-state index contributed by atoms with van der Waals surface area (Å²) in [5, 5.41) is 9.67. The molecule has 0 heterocycles. The van der Waals surface area contributed by atoms with Gasteiger partial charge in [-0.1, -0.05) is 34.6 Å². The summed E-state index contributed by atoms with van der Waals surface area (Å²) >= 11 is 0. The van der Waals surface area contributed by atoms with Gasteiger partial charge in [0.1, 0.15) is 0 Å². The SMILES string of the molecule is CC1C(C)(C)C(O)C1(C)C. The Morgan fingerprint density at radius 3 is 1.40 bits per heavy atom. The zero-order chi connectivity index (χ0) is 8.15. The minimum Gasteiger partial charge on any atom is -0.392 e. The van der Waals surface area contributed by atoms with Gasteiger partial charge in [-0.25, -0.2) is 0 Å². The highest BCUT2D eigenvalue weighted by molar-refractivity contribution is 5.07. The molecule has 10 heavy (non-hydrogen) atoms. The van der Waals surface area contributed by atoms with Gasteiger partial charge in [0.2, 0.25) is 0 Å². The monoisotopic (exact) mass is 142 g/mol. The number of aliphatic hydroxyl groups is 1. The standard InChI is InChI=1S/C9H18O/c1-6-8(2,3)7(10)9(6,4)5/h6-7,10H,1-5H3. The van der Waals surface area contributed by atoms with Crippen LogP contribution in [0.15, 0.2) is 0 Å². The minimum atomic E-state index is -0.130. The molecule has 0 aromatic heterocycles. The molecule has 1 rings (SSSR count). The van der Waals surface area contributed by atoms with Crippen LogP contribution in [0.2, 0.25) is 0 Å². The first-order chi connectivity index (χ1) is 4.31. The lowest BCUT2D eigenvalue weighted by Gasteiger charge is -2.60. The van der Waals surface area contributed by atoms with Gasteiger partial charge in [-0.15, -0.1) is 0 Å². The Bertz CT molecular complexity index is 117. The van der Waals surface area contributed by atoms with Gasteiger partial charge in [-0.05, 0) is 16.7 Å². The zero-order valence-corrected chi connectivity index (χ0v) is 7.60. The third-order valence-electron chi connectivity index (χ3n) is 3.64. The van der Waals surface area contributed by atoms with Crippen LogP contribution in [0.5, 0.6) is 0 Å². The Balaban J connectivity index is 2.78. The lowest BCUT2D eigenvalue weighted by molar-refractivity contribution is -0.204.